The lowest BCUT2D eigenvalue weighted by Gasteiger charge is -2.30. The second kappa shape index (κ2) is 6.20. The number of nitrogens with zero attached hydrogens (tertiary/aromatic N) is 4. The van der Waals surface area contributed by atoms with Crippen LogP contribution in [-0.2, 0) is 16.7 Å². The first-order chi connectivity index (χ1) is 11.5. The second-order valence-corrected chi connectivity index (χ2v) is 8.61. The van der Waals surface area contributed by atoms with Gasteiger partial charge in [-0.15, -0.1) is 21.5 Å². The van der Waals surface area contributed by atoms with Gasteiger partial charge in [-0.05, 0) is 12.8 Å². The molecule has 1 saturated heterocycles. The van der Waals surface area contributed by atoms with Gasteiger partial charge in [0.25, 0.3) is 0 Å². The molecule has 2 fully saturated rings. The lowest BCUT2D eigenvalue weighted by atomic mass is 9.93. The van der Waals surface area contributed by atoms with Crippen molar-refractivity contribution in [1.82, 2.24) is 20.1 Å². The molecule has 0 bridgehead atoms. The number of hydrogen-bond acceptors (Lipinski definition) is 7. The van der Waals surface area contributed by atoms with Crippen LogP contribution in [-0.4, -0.2) is 39.8 Å². The van der Waals surface area contributed by atoms with Gasteiger partial charge in [-0.3, -0.25) is 4.90 Å². The normalized spacial score (nSPS) is 22.9. The first-order valence-corrected chi connectivity index (χ1v) is 9.49. The predicted molar refractivity (Wildman–Crippen MR) is 91.1 cm³/mol. The number of aromatic nitrogens is 3. The van der Waals surface area contributed by atoms with Gasteiger partial charge in [-0.25, -0.2) is 4.98 Å². The van der Waals surface area contributed by atoms with Crippen molar-refractivity contribution in [3.05, 3.63) is 27.9 Å². The molecule has 2 aromatic rings. The Morgan fingerprint density at radius 1 is 1.29 bits per heavy atom. The summed E-state index contributed by atoms with van der Waals surface area (Å²) in [5.41, 5.74) is 1.21. The molecule has 4 rings (SSSR count). The van der Waals surface area contributed by atoms with Gasteiger partial charge in [0.1, 0.15) is 11.1 Å². The molecule has 1 saturated carbocycles. The molecule has 6 nitrogen and oxygen atoms in total. The lowest BCUT2D eigenvalue weighted by Crippen LogP contribution is -2.37. The highest BCUT2D eigenvalue weighted by molar-refractivity contribution is 7.09. The molecule has 0 aromatic carbocycles. The van der Waals surface area contributed by atoms with Gasteiger partial charge in [-0.1, -0.05) is 20.8 Å². The summed E-state index contributed by atoms with van der Waals surface area (Å²) in [5.74, 6) is 2.03. The summed E-state index contributed by atoms with van der Waals surface area (Å²) in [6.45, 7) is 9.66. The molecule has 2 aromatic heterocycles. The van der Waals surface area contributed by atoms with E-state index in [0.717, 1.165) is 29.7 Å². The van der Waals surface area contributed by atoms with Crippen LogP contribution in [0.4, 0.5) is 0 Å². The molecule has 1 aliphatic carbocycles. The zero-order valence-electron chi connectivity index (χ0n) is 14.5. The first kappa shape index (κ1) is 16.2. The molecule has 0 N–H and O–H groups in total. The van der Waals surface area contributed by atoms with Crippen LogP contribution in [0.3, 0.4) is 0 Å². The highest BCUT2D eigenvalue weighted by Crippen LogP contribution is 2.39. The summed E-state index contributed by atoms with van der Waals surface area (Å²) in [7, 11) is 0. The molecule has 130 valence electrons. The van der Waals surface area contributed by atoms with E-state index in [1.165, 1.54) is 12.8 Å². The Kier molecular flexibility index (Phi) is 4.18. The molecule has 7 heteroatoms. The van der Waals surface area contributed by atoms with Crippen LogP contribution < -0.4 is 0 Å². The minimum atomic E-state index is 0.0330. The fourth-order valence-corrected chi connectivity index (χ4v) is 3.88. The summed E-state index contributed by atoms with van der Waals surface area (Å²) >= 11 is 1.69. The van der Waals surface area contributed by atoms with E-state index in [4.69, 9.17) is 14.1 Å². The molecule has 3 heterocycles. The van der Waals surface area contributed by atoms with Crippen LogP contribution in [0.5, 0.6) is 0 Å². The summed E-state index contributed by atoms with van der Waals surface area (Å²) in [6, 6.07) is 0. The Morgan fingerprint density at radius 3 is 2.83 bits per heavy atom. The van der Waals surface area contributed by atoms with E-state index in [0.29, 0.717) is 25.0 Å². The number of rotatable bonds is 4. The lowest BCUT2D eigenvalue weighted by molar-refractivity contribution is -0.0354. The smallest absolute Gasteiger partial charge is 0.230 e. The highest BCUT2D eigenvalue weighted by atomic mass is 32.1. The van der Waals surface area contributed by atoms with Gasteiger partial charge in [0.15, 0.2) is 0 Å². The number of thiazole rings is 1. The van der Waals surface area contributed by atoms with Gasteiger partial charge in [0.05, 0.1) is 18.8 Å². The molecule has 0 radical (unpaired) electrons. The van der Waals surface area contributed by atoms with Crippen molar-refractivity contribution in [2.45, 2.75) is 57.6 Å². The minimum absolute atomic E-state index is 0.0330. The van der Waals surface area contributed by atoms with Crippen LogP contribution in [0.1, 0.15) is 68.1 Å². The van der Waals surface area contributed by atoms with Gasteiger partial charge < -0.3 is 9.15 Å². The molecule has 0 amide bonds. The fourth-order valence-electron chi connectivity index (χ4n) is 2.79. The largest absolute Gasteiger partial charge is 0.424 e. The Morgan fingerprint density at radius 2 is 2.12 bits per heavy atom. The Hall–Kier alpha value is -1.31. The van der Waals surface area contributed by atoms with Crippen LogP contribution >= 0.6 is 11.3 Å². The average molecular weight is 348 g/mol. The van der Waals surface area contributed by atoms with Crippen molar-refractivity contribution in [2.75, 3.05) is 19.7 Å². The van der Waals surface area contributed by atoms with Crippen molar-refractivity contribution >= 4 is 11.3 Å². The maximum absolute atomic E-state index is 5.95. The summed E-state index contributed by atoms with van der Waals surface area (Å²) in [4.78, 5) is 7.11. The van der Waals surface area contributed by atoms with Gasteiger partial charge >= 0.3 is 0 Å². The maximum Gasteiger partial charge on any atom is 0.230 e. The number of hydrogen-bond donors (Lipinski definition) is 0. The van der Waals surface area contributed by atoms with E-state index < -0.39 is 0 Å². The summed E-state index contributed by atoms with van der Waals surface area (Å²) in [6.07, 6.45) is 2.40. The van der Waals surface area contributed by atoms with E-state index in [1.807, 2.05) is 0 Å². The van der Waals surface area contributed by atoms with Crippen LogP contribution in [0.25, 0.3) is 0 Å². The van der Waals surface area contributed by atoms with Crippen LogP contribution in [0.2, 0.25) is 0 Å². The SMILES string of the molecule is CC(C)(C)c1csc([C@H]2CN(Cc3nnc(C4CC4)o3)CCO2)n1. The van der Waals surface area contributed by atoms with E-state index >= 15 is 0 Å². The standard InChI is InChI=1S/C17H24N4O2S/c1-17(2,3)13-10-24-16(18-13)12-8-21(6-7-22-12)9-14-19-20-15(23-14)11-4-5-11/h10-12H,4-9H2,1-3H3/t12-/m1/s1. The summed E-state index contributed by atoms with van der Waals surface area (Å²) < 4.78 is 11.7. The first-order valence-electron chi connectivity index (χ1n) is 8.61. The van der Waals surface area contributed by atoms with Crippen LogP contribution in [0.15, 0.2) is 9.80 Å². The van der Waals surface area contributed by atoms with E-state index in [-0.39, 0.29) is 11.5 Å². The van der Waals surface area contributed by atoms with E-state index in [1.54, 1.807) is 11.3 Å². The van der Waals surface area contributed by atoms with Gasteiger partial charge in [0.2, 0.25) is 11.8 Å². The molecular formula is C17H24N4O2S. The molecule has 24 heavy (non-hydrogen) atoms. The topological polar surface area (TPSA) is 64.3 Å². The molecular weight excluding hydrogens is 324 g/mol. The molecule has 0 spiro atoms. The van der Waals surface area contributed by atoms with Crippen molar-refractivity contribution in [2.24, 2.45) is 0 Å². The van der Waals surface area contributed by atoms with Crippen molar-refractivity contribution in [3.8, 4) is 0 Å². The monoisotopic (exact) mass is 348 g/mol. The quantitative estimate of drug-likeness (QED) is 0.845. The van der Waals surface area contributed by atoms with E-state index in [9.17, 15) is 0 Å². The minimum Gasteiger partial charge on any atom is -0.424 e. The van der Waals surface area contributed by atoms with Gasteiger partial charge in [0, 0.05) is 29.8 Å². The van der Waals surface area contributed by atoms with Gasteiger partial charge in [-0.2, -0.15) is 0 Å². The zero-order valence-corrected chi connectivity index (χ0v) is 15.3. The zero-order chi connectivity index (χ0) is 16.7. The number of ether oxygens (including phenoxy) is 1. The average Bonchev–Trinajstić information content (AvgIpc) is 3.08. The highest BCUT2D eigenvalue weighted by Gasteiger charge is 2.31. The second-order valence-electron chi connectivity index (χ2n) is 7.72. The van der Waals surface area contributed by atoms with Crippen molar-refractivity contribution in [3.63, 3.8) is 0 Å². The predicted octanol–water partition coefficient (Wildman–Crippen LogP) is 3.27. The third-order valence-corrected chi connectivity index (χ3v) is 5.42. The van der Waals surface area contributed by atoms with Crippen molar-refractivity contribution in [1.29, 1.82) is 0 Å². The Bertz CT molecular complexity index is 702. The molecule has 1 atom stereocenters. The third kappa shape index (κ3) is 3.53. The molecule has 1 aliphatic heterocycles. The maximum atomic E-state index is 5.95. The molecule has 0 unspecified atom stereocenters. The third-order valence-electron chi connectivity index (χ3n) is 4.48. The summed E-state index contributed by atoms with van der Waals surface area (Å²) in [5, 5.41) is 11.6. The van der Waals surface area contributed by atoms with Crippen LogP contribution in [0, 0.1) is 0 Å². The number of morpholine rings is 1. The Balaban J connectivity index is 1.40. The Labute approximate surface area is 146 Å². The van der Waals surface area contributed by atoms with Crippen molar-refractivity contribution < 1.29 is 9.15 Å². The fraction of sp³-hybridized carbons (Fsp3) is 0.706. The van der Waals surface area contributed by atoms with E-state index in [2.05, 4.69) is 41.2 Å². The molecule has 2 aliphatic rings.